The molecule has 134 valence electrons. The molecule has 0 spiro atoms. The van der Waals surface area contributed by atoms with E-state index in [1.54, 1.807) is 6.08 Å². The van der Waals surface area contributed by atoms with Crippen LogP contribution >= 0.6 is 0 Å². The molecule has 1 N–H and O–H groups in total. The Morgan fingerprint density at radius 2 is 1.92 bits per heavy atom. The Kier molecular flexibility index (Phi) is 4.78. The van der Waals surface area contributed by atoms with Crippen LogP contribution in [0, 0.1) is 0 Å². The Morgan fingerprint density at radius 1 is 1.08 bits per heavy atom. The molecule has 1 heterocycles. The molecule has 5 heteroatoms. The first-order valence-corrected chi connectivity index (χ1v) is 8.92. The lowest BCUT2D eigenvalue weighted by Crippen LogP contribution is -2.11. The lowest BCUT2D eigenvalue weighted by atomic mass is 10.2. The minimum atomic E-state index is -0.194. The fourth-order valence-corrected chi connectivity index (χ4v) is 3.22. The van der Waals surface area contributed by atoms with Crippen molar-refractivity contribution in [1.82, 2.24) is 0 Å². The number of hydrogen-bond acceptors (Lipinski definition) is 4. The van der Waals surface area contributed by atoms with Gasteiger partial charge in [0.2, 0.25) is 12.7 Å². The lowest BCUT2D eigenvalue weighted by molar-refractivity contribution is -0.111. The predicted octanol–water partition coefficient (Wildman–Crippen LogP) is 4.39. The molecule has 0 unspecified atom stereocenters. The van der Waals surface area contributed by atoms with Crippen LogP contribution < -0.4 is 19.5 Å². The van der Waals surface area contributed by atoms with Crippen LogP contribution in [0.25, 0.3) is 6.08 Å². The van der Waals surface area contributed by atoms with Gasteiger partial charge in [-0.25, -0.2) is 0 Å². The second kappa shape index (κ2) is 7.52. The minimum Gasteiger partial charge on any atom is -0.490 e. The first kappa shape index (κ1) is 16.5. The van der Waals surface area contributed by atoms with E-state index in [-0.39, 0.29) is 12.7 Å². The van der Waals surface area contributed by atoms with Crippen LogP contribution in [-0.2, 0) is 4.79 Å². The summed E-state index contributed by atoms with van der Waals surface area (Å²) in [5, 5.41) is 2.87. The lowest BCUT2D eigenvalue weighted by Gasteiger charge is -2.13. The average Bonchev–Trinajstić information content (AvgIpc) is 3.31. The van der Waals surface area contributed by atoms with E-state index in [4.69, 9.17) is 14.2 Å². The molecule has 2 aliphatic rings. The van der Waals surface area contributed by atoms with Gasteiger partial charge in [-0.1, -0.05) is 12.1 Å². The number of amides is 1. The van der Waals surface area contributed by atoms with Crippen molar-refractivity contribution < 1.29 is 19.0 Å². The molecular weight excluding hydrogens is 330 g/mol. The zero-order valence-corrected chi connectivity index (χ0v) is 14.4. The Hall–Kier alpha value is -2.95. The summed E-state index contributed by atoms with van der Waals surface area (Å²) in [6.07, 6.45) is 8.21. The molecule has 1 aliphatic carbocycles. The largest absolute Gasteiger partial charge is 0.490 e. The summed E-state index contributed by atoms with van der Waals surface area (Å²) < 4.78 is 16.6. The molecular formula is C21H21NO4. The highest BCUT2D eigenvalue weighted by Crippen LogP contribution is 2.32. The van der Waals surface area contributed by atoms with Crippen LogP contribution in [0.5, 0.6) is 17.2 Å². The summed E-state index contributed by atoms with van der Waals surface area (Å²) in [6.45, 7) is 0.238. The third-order valence-electron chi connectivity index (χ3n) is 4.53. The zero-order valence-electron chi connectivity index (χ0n) is 14.4. The first-order valence-electron chi connectivity index (χ1n) is 8.92. The van der Waals surface area contributed by atoms with Crippen molar-refractivity contribution in [2.45, 2.75) is 31.8 Å². The third kappa shape index (κ3) is 3.99. The summed E-state index contributed by atoms with van der Waals surface area (Å²) in [6, 6.07) is 13.1. The van der Waals surface area contributed by atoms with Crippen molar-refractivity contribution in [3.8, 4) is 17.2 Å². The van der Waals surface area contributed by atoms with Crippen LogP contribution in [0.1, 0.15) is 31.2 Å². The maximum atomic E-state index is 12.2. The number of nitrogens with one attached hydrogen (secondary N) is 1. The van der Waals surface area contributed by atoms with Crippen LogP contribution in [0.2, 0.25) is 0 Å². The number of fused-ring (bicyclic) bond motifs is 1. The van der Waals surface area contributed by atoms with E-state index < -0.39 is 0 Å². The van der Waals surface area contributed by atoms with Crippen molar-refractivity contribution in [2.24, 2.45) is 0 Å². The molecule has 1 amide bonds. The molecule has 1 saturated carbocycles. The number of hydrogen-bond donors (Lipinski definition) is 1. The molecule has 2 aromatic rings. The molecule has 5 nitrogen and oxygen atoms in total. The summed E-state index contributed by atoms with van der Waals surface area (Å²) in [4.78, 5) is 12.2. The van der Waals surface area contributed by atoms with Crippen molar-refractivity contribution >= 4 is 17.7 Å². The second-order valence-corrected chi connectivity index (χ2v) is 6.49. The monoisotopic (exact) mass is 351 g/mol. The topological polar surface area (TPSA) is 56.8 Å². The van der Waals surface area contributed by atoms with Gasteiger partial charge in [0.05, 0.1) is 6.10 Å². The maximum Gasteiger partial charge on any atom is 0.248 e. The van der Waals surface area contributed by atoms with Gasteiger partial charge in [-0.2, -0.15) is 0 Å². The van der Waals surface area contributed by atoms with Crippen molar-refractivity contribution in [3.63, 3.8) is 0 Å². The van der Waals surface area contributed by atoms with Crippen LogP contribution in [0.4, 0.5) is 5.69 Å². The van der Waals surface area contributed by atoms with Crippen molar-refractivity contribution in [2.75, 3.05) is 12.1 Å². The summed E-state index contributed by atoms with van der Waals surface area (Å²) in [7, 11) is 0. The van der Waals surface area contributed by atoms with Gasteiger partial charge < -0.3 is 19.5 Å². The number of anilines is 1. The Bertz CT molecular complexity index is 825. The van der Waals surface area contributed by atoms with Crippen LogP contribution in [0.3, 0.4) is 0 Å². The quantitative estimate of drug-likeness (QED) is 0.812. The molecule has 0 saturated heterocycles. The molecule has 1 aliphatic heterocycles. The number of carbonyl (C=O) groups excluding carboxylic acids is 1. The molecule has 1 fully saturated rings. The Balaban J connectivity index is 1.36. The molecule has 0 atom stereocenters. The normalized spacial score (nSPS) is 16.2. The van der Waals surface area contributed by atoms with Crippen LogP contribution in [-0.4, -0.2) is 18.8 Å². The first-order chi connectivity index (χ1) is 12.8. The molecule has 2 aromatic carbocycles. The standard InChI is InChI=1S/C21H21NO4/c23-21(11-9-15-8-10-19-20(12-15)25-14-24-19)22-16-4-3-7-18(13-16)26-17-5-1-2-6-17/h3-4,7-13,17H,1-2,5-6,14H2,(H,22,23)/b11-9+. The number of carbonyl (C=O) groups is 1. The fraction of sp³-hybridized carbons (Fsp3) is 0.286. The highest BCUT2D eigenvalue weighted by molar-refractivity contribution is 6.02. The van der Waals surface area contributed by atoms with Gasteiger partial charge in [0.1, 0.15) is 5.75 Å². The van der Waals surface area contributed by atoms with E-state index in [0.717, 1.165) is 35.6 Å². The van der Waals surface area contributed by atoms with E-state index in [0.29, 0.717) is 11.9 Å². The highest BCUT2D eigenvalue weighted by Gasteiger charge is 2.16. The minimum absolute atomic E-state index is 0.194. The average molecular weight is 351 g/mol. The predicted molar refractivity (Wildman–Crippen MR) is 99.6 cm³/mol. The SMILES string of the molecule is O=C(/C=C/c1ccc2c(c1)OCO2)Nc1cccc(OC2CCCC2)c1. The van der Waals surface area contributed by atoms with Crippen LogP contribution in [0.15, 0.2) is 48.5 Å². The van der Waals surface area contributed by atoms with E-state index in [9.17, 15) is 4.79 Å². The number of benzene rings is 2. The number of rotatable bonds is 5. The van der Waals surface area contributed by atoms with E-state index in [1.165, 1.54) is 18.9 Å². The zero-order chi connectivity index (χ0) is 17.8. The fourth-order valence-electron chi connectivity index (χ4n) is 3.22. The smallest absolute Gasteiger partial charge is 0.248 e. The van der Waals surface area contributed by atoms with Gasteiger partial charge in [0.15, 0.2) is 11.5 Å². The maximum absolute atomic E-state index is 12.2. The van der Waals surface area contributed by atoms with Crippen molar-refractivity contribution in [3.05, 3.63) is 54.1 Å². The number of ether oxygens (including phenoxy) is 3. The second-order valence-electron chi connectivity index (χ2n) is 6.49. The Labute approximate surface area is 152 Å². The molecule has 0 radical (unpaired) electrons. The molecule has 4 rings (SSSR count). The van der Waals surface area contributed by atoms with Gasteiger partial charge in [0, 0.05) is 17.8 Å². The summed E-state index contributed by atoms with van der Waals surface area (Å²) in [5.41, 5.74) is 1.60. The highest BCUT2D eigenvalue weighted by atomic mass is 16.7. The van der Waals surface area contributed by atoms with Crippen molar-refractivity contribution in [1.29, 1.82) is 0 Å². The van der Waals surface area contributed by atoms with Gasteiger partial charge in [-0.05, 0) is 61.6 Å². The Morgan fingerprint density at radius 3 is 2.81 bits per heavy atom. The van der Waals surface area contributed by atoms with Gasteiger partial charge >= 0.3 is 0 Å². The van der Waals surface area contributed by atoms with E-state index >= 15 is 0 Å². The van der Waals surface area contributed by atoms with Gasteiger partial charge in [-0.15, -0.1) is 0 Å². The van der Waals surface area contributed by atoms with E-state index in [1.807, 2.05) is 42.5 Å². The molecule has 0 bridgehead atoms. The third-order valence-corrected chi connectivity index (χ3v) is 4.53. The van der Waals surface area contributed by atoms with Gasteiger partial charge in [0.25, 0.3) is 0 Å². The molecule has 0 aromatic heterocycles. The summed E-state index contributed by atoms with van der Waals surface area (Å²) in [5.74, 6) is 2.03. The van der Waals surface area contributed by atoms with Gasteiger partial charge in [-0.3, -0.25) is 4.79 Å². The molecule has 26 heavy (non-hydrogen) atoms. The van der Waals surface area contributed by atoms with E-state index in [2.05, 4.69) is 5.32 Å². The summed E-state index contributed by atoms with van der Waals surface area (Å²) >= 11 is 0.